The molecule has 1 saturated heterocycles. The van der Waals surface area contributed by atoms with E-state index in [2.05, 4.69) is 31.4 Å². The molecule has 1 aromatic heterocycles. The van der Waals surface area contributed by atoms with Gasteiger partial charge in [0.2, 0.25) is 5.91 Å². The summed E-state index contributed by atoms with van der Waals surface area (Å²) in [6.45, 7) is 1.77. The number of hydrogen-bond acceptors (Lipinski definition) is 4. The van der Waals surface area contributed by atoms with E-state index in [1.165, 1.54) is 0 Å². The summed E-state index contributed by atoms with van der Waals surface area (Å²) in [5.41, 5.74) is 3.10. The number of hydrogen-bond donors (Lipinski definition) is 1. The third-order valence-corrected chi connectivity index (χ3v) is 5.90. The fourth-order valence-corrected chi connectivity index (χ4v) is 3.94. The standard InChI is InChI=1S/C22H22BrN5O2/c23-20-9-8-18(28-14-24-25-15-28)13-19(20)22(30)26-17-6-3-16(4-7-17)5-10-21(29)27-11-1-2-12-27/h3-4,6-9,13-15H,1-2,5,10-12H2,(H,26,30). The highest BCUT2D eigenvalue weighted by Gasteiger charge is 2.17. The Labute approximate surface area is 183 Å². The van der Waals surface area contributed by atoms with Crippen molar-refractivity contribution < 1.29 is 9.59 Å². The SMILES string of the molecule is O=C(Nc1ccc(CCC(=O)N2CCCC2)cc1)c1cc(-n2cnnc2)ccc1Br. The molecule has 2 heterocycles. The maximum absolute atomic E-state index is 12.8. The number of likely N-dealkylation sites (tertiary alicyclic amines) is 1. The zero-order chi connectivity index (χ0) is 20.9. The van der Waals surface area contributed by atoms with E-state index >= 15 is 0 Å². The van der Waals surface area contributed by atoms with E-state index in [1.54, 1.807) is 23.3 Å². The van der Waals surface area contributed by atoms with Crippen LogP contribution < -0.4 is 5.32 Å². The highest BCUT2D eigenvalue weighted by atomic mass is 79.9. The van der Waals surface area contributed by atoms with Crippen molar-refractivity contribution in [2.45, 2.75) is 25.7 Å². The zero-order valence-corrected chi connectivity index (χ0v) is 18.0. The van der Waals surface area contributed by atoms with E-state index in [4.69, 9.17) is 0 Å². The molecule has 0 bridgehead atoms. The van der Waals surface area contributed by atoms with Crippen molar-refractivity contribution in [2.75, 3.05) is 18.4 Å². The second-order valence-corrected chi connectivity index (χ2v) is 8.13. The molecule has 30 heavy (non-hydrogen) atoms. The zero-order valence-electron chi connectivity index (χ0n) is 16.4. The monoisotopic (exact) mass is 467 g/mol. The summed E-state index contributed by atoms with van der Waals surface area (Å²) in [6, 6.07) is 13.1. The summed E-state index contributed by atoms with van der Waals surface area (Å²) in [5.74, 6) is 0.0106. The molecule has 1 fully saturated rings. The molecule has 8 heteroatoms. The molecule has 1 aliphatic heterocycles. The Bertz CT molecular complexity index is 1030. The van der Waals surface area contributed by atoms with Crippen LogP contribution in [0.1, 0.15) is 35.2 Å². The summed E-state index contributed by atoms with van der Waals surface area (Å²) in [7, 11) is 0. The predicted octanol–water partition coefficient (Wildman–Crippen LogP) is 3.84. The number of rotatable bonds is 6. The Hall–Kier alpha value is -3.00. The van der Waals surface area contributed by atoms with Crippen LogP contribution in [-0.2, 0) is 11.2 Å². The average Bonchev–Trinajstić information content (AvgIpc) is 3.47. The Morgan fingerprint density at radius 3 is 2.40 bits per heavy atom. The molecule has 4 rings (SSSR count). The largest absolute Gasteiger partial charge is 0.343 e. The summed E-state index contributed by atoms with van der Waals surface area (Å²) >= 11 is 3.44. The first-order chi connectivity index (χ1) is 14.6. The number of nitrogens with zero attached hydrogens (tertiary/aromatic N) is 4. The molecule has 3 aromatic rings. The number of nitrogens with one attached hydrogen (secondary N) is 1. The van der Waals surface area contributed by atoms with Gasteiger partial charge < -0.3 is 10.2 Å². The predicted molar refractivity (Wildman–Crippen MR) is 118 cm³/mol. The van der Waals surface area contributed by atoms with Crippen molar-refractivity contribution in [3.05, 3.63) is 70.7 Å². The third kappa shape index (κ3) is 4.76. The number of benzene rings is 2. The summed E-state index contributed by atoms with van der Waals surface area (Å²) in [5, 5.41) is 10.5. The van der Waals surface area contributed by atoms with Crippen LogP contribution in [-0.4, -0.2) is 44.6 Å². The number of carbonyl (C=O) groups excluding carboxylic acids is 2. The summed E-state index contributed by atoms with van der Waals surface area (Å²) in [6.07, 6.45) is 6.61. The van der Waals surface area contributed by atoms with Crippen molar-refractivity contribution in [3.8, 4) is 5.69 Å². The normalized spacial score (nSPS) is 13.4. The van der Waals surface area contributed by atoms with Gasteiger partial charge in [-0.15, -0.1) is 10.2 Å². The van der Waals surface area contributed by atoms with Gasteiger partial charge in [-0.25, -0.2) is 0 Å². The first-order valence-electron chi connectivity index (χ1n) is 9.93. The van der Waals surface area contributed by atoms with Crippen molar-refractivity contribution >= 4 is 33.4 Å². The molecule has 0 spiro atoms. The third-order valence-electron chi connectivity index (χ3n) is 5.21. The number of aryl methyl sites for hydroxylation is 1. The molecular weight excluding hydrogens is 446 g/mol. The van der Waals surface area contributed by atoms with Gasteiger partial charge in [0.15, 0.2) is 0 Å². The van der Waals surface area contributed by atoms with Crippen LogP contribution in [0.4, 0.5) is 5.69 Å². The van der Waals surface area contributed by atoms with Crippen molar-refractivity contribution in [1.29, 1.82) is 0 Å². The molecular formula is C22H22BrN5O2. The Balaban J connectivity index is 1.38. The smallest absolute Gasteiger partial charge is 0.256 e. The number of anilines is 1. The topological polar surface area (TPSA) is 80.1 Å². The number of halogens is 1. The van der Waals surface area contributed by atoms with Crippen molar-refractivity contribution in [2.24, 2.45) is 0 Å². The van der Waals surface area contributed by atoms with Gasteiger partial charge in [-0.3, -0.25) is 14.2 Å². The van der Waals surface area contributed by atoms with Gasteiger partial charge in [0.05, 0.1) is 5.56 Å². The van der Waals surface area contributed by atoms with E-state index in [9.17, 15) is 9.59 Å². The van der Waals surface area contributed by atoms with Gasteiger partial charge in [-0.05, 0) is 71.1 Å². The van der Waals surface area contributed by atoms with Crippen LogP contribution in [0.2, 0.25) is 0 Å². The molecule has 154 valence electrons. The molecule has 0 saturated carbocycles. The Morgan fingerprint density at radius 1 is 1.00 bits per heavy atom. The highest BCUT2D eigenvalue weighted by Crippen LogP contribution is 2.22. The lowest BCUT2D eigenvalue weighted by atomic mass is 10.1. The summed E-state index contributed by atoms with van der Waals surface area (Å²) in [4.78, 5) is 26.9. The molecule has 7 nitrogen and oxygen atoms in total. The van der Waals surface area contributed by atoms with E-state index in [1.807, 2.05) is 41.3 Å². The molecule has 2 aromatic carbocycles. The van der Waals surface area contributed by atoms with Gasteiger partial charge in [-0.2, -0.15) is 0 Å². The number of carbonyl (C=O) groups is 2. The van der Waals surface area contributed by atoms with E-state index < -0.39 is 0 Å². The summed E-state index contributed by atoms with van der Waals surface area (Å²) < 4.78 is 2.44. The van der Waals surface area contributed by atoms with Gasteiger partial charge in [-0.1, -0.05) is 12.1 Å². The molecule has 0 atom stereocenters. The van der Waals surface area contributed by atoms with Crippen LogP contribution in [0.25, 0.3) is 5.69 Å². The molecule has 0 aliphatic carbocycles. The van der Waals surface area contributed by atoms with Gasteiger partial charge in [0.25, 0.3) is 5.91 Å². The lowest BCUT2D eigenvalue weighted by Crippen LogP contribution is -2.27. The fraction of sp³-hybridized carbons (Fsp3) is 0.273. The van der Waals surface area contributed by atoms with Crippen molar-refractivity contribution in [1.82, 2.24) is 19.7 Å². The fourth-order valence-electron chi connectivity index (χ4n) is 3.51. The minimum absolute atomic E-state index is 0.214. The first-order valence-corrected chi connectivity index (χ1v) is 10.7. The highest BCUT2D eigenvalue weighted by molar-refractivity contribution is 9.10. The van der Waals surface area contributed by atoms with Crippen LogP contribution in [0.5, 0.6) is 0 Å². The second kappa shape index (κ2) is 9.21. The second-order valence-electron chi connectivity index (χ2n) is 7.27. The van der Waals surface area contributed by atoms with Gasteiger partial charge >= 0.3 is 0 Å². The van der Waals surface area contributed by atoms with Crippen LogP contribution in [0.3, 0.4) is 0 Å². The molecule has 0 unspecified atom stereocenters. The van der Waals surface area contributed by atoms with Gasteiger partial charge in [0.1, 0.15) is 12.7 Å². The minimum atomic E-state index is -0.214. The lowest BCUT2D eigenvalue weighted by molar-refractivity contribution is -0.130. The van der Waals surface area contributed by atoms with Crippen LogP contribution in [0, 0.1) is 0 Å². The molecule has 0 radical (unpaired) electrons. The number of amides is 2. The van der Waals surface area contributed by atoms with Gasteiger partial charge in [0, 0.05) is 35.4 Å². The van der Waals surface area contributed by atoms with E-state index in [0.717, 1.165) is 37.2 Å². The van der Waals surface area contributed by atoms with E-state index in [-0.39, 0.29) is 11.8 Å². The molecule has 1 aliphatic rings. The Morgan fingerprint density at radius 2 is 1.70 bits per heavy atom. The number of aromatic nitrogens is 3. The average molecular weight is 468 g/mol. The van der Waals surface area contributed by atoms with Crippen LogP contribution >= 0.6 is 15.9 Å². The quantitative estimate of drug-likeness (QED) is 0.597. The maximum atomic E-state index is 12.8. The maximum Gasteiger partial charge on any atom is 0.256 e. The minimum Gasteiger partial charge on any atom is -0.343 e. The van der Waals surface area contributed by atoms with E-state index in [0.29, 0.717) is 28.6 Å². The lowest BCUT2D eigenvalue weighted by Gasteiger charge is -2.15. The molecule has 1 N–H and O–H groups in total. The van der Waals surface area contributed by atoms with Crippen molar-refractivity contribution in [3.63, 3.8) is 0 Å². The molecule has 2 amide bonds. The Kier molecular flexibility index (Phi) is 6.23. The van der Waals surface area contributed by atoms with Crippen LogP contribution in [0.15, 0.2) is 59.6 Å². The first kappa shape index (κ1) is 20.3.